The molecule has 0 saturated carbocycles. The Labute approximate surface area is 76.3 Å². The normalized spacial score (nSPS) is 11.8. The molecule has 0 aromatic carbocycles. The third-order valence-electron chi connectivity index (χ3n) is 1.35. The van der Waals surface area contributed by atoms with Gasteiger partial charge in [0, 0.05) is 13.7 Å². The third kappa shape index (κ3) is 5.02. The zero-order valence-corrected chi connectivity index (χ0v) is 7.66. The summed E-state index contributed by atoms with van der Waals surface area (Å²) in [4.78, 5) is 21.2. The van der Waals surface area contributed by atoms with Gasteiger partial charge in [-0.15, -0.1) is 0 Å². The summed E-state index contributed by atoms with van der Waals surface area (Å²) >= 11 is 0. The van der Waals surface area contributed by atoms with Crippen molar-refractivity contribution in [3.63, 3.8) is 0 Å². The first-order valence-electron chi connectivity index (χ1n) is 3.89. The molecule has 1 atom stereocenters. The summed E-state index contributed by atoms with van der Waals surface area (Å²) < 4.78 is 4.60. The highest BCUT2D eigenvalue weighted by atomic mass is 16.5. The van der Waals surface area contributed by atoms with Gasteiger partial charge in [-0.05, 0) is 6.92 Å². The molecular weight excluding hydrogens is 176 g/mol. The fraction of sp³-hybridized carbons (Fsp3) is 0.714. The number of carboxylic acid groups (broad SMARTS) is 1. The van der Waals surface area contributed by atoms with Crippen LogP contribution in [-0.4, -0.2) is 43.4 Å². The lowest BCUT2D eigenvalue weighted by Crippen LogP contribution is -2.42. The standard InChI is InChI=1S/C7H14N2O4/c1-3-8-7(12)9-4-5(13-2)6(10)11/h5H,3-4H2,1-2H3,(H,10,11)(H2,8,9,12). The third-order valence-corrected chi connectivity index (χ3v) is 1.35. The Morgan fingerprint density at radius 3 is 2.46 bits per heavy atom. The Morgan fingerprint density at radius 1 is 1.46 bits per heavy atom. The van der Waals surface area contributed by atoms with Gasteiger partial charge in [-0.25, -0.2) is 9.59 Å². The number of carboxylic acids is 1. The van der Waals surface area contributed by atoms with E-state index in [9.17, 15) is 9.59 Å². The highest BCUT2D eigenvalue weighted by Crippen LogP contribution is 1.86. The summed E-state index contributed by atoms with van der Waals surface area (Å²) in [6.07, 6.45) is -0.998. The van der Waals surface area contributed by atoms with Gasteiger partial charge in [-0.1, -0.05) is 0 Å². The molecule has 0 heterocycles. The van der Waals surface area contributed by atoms with Crippen LogP contribution in [0, 0.1) is 0 Å². The van der Waals surface area contributed by atoms with Crippen LogP contribution in [0.25, 0.3) is 0 Å². The number of aliphatic carboxylic acids is 1. The highest BCUT2D eigenvalue weighted by Gasteiger charge is 2.16. The van der Waals surface area contributed by atoms with E-state index in [1.807, 2.05) is 0 Å². The Kier molecular flexibility index (Phi) is 5.62. The quantitative estimate of drug-likeness (QED) is 0.540. The van der Waals surface area contributed by atoms with Gasteiger partial charge in [0.2, 0.25) is 0 Å². The number of ether oxygens (including phenoxy) is 1. The fourth-order valence-corrected chi connectivity index (χ4v) is 0.680. The molecule has 0 spiro atoms. The molecule has 6 nitrogen and oxygen atoms in total. The Bertz CT molecular complexity index is 183. The number of rotatable bonds is 5. The maximum atomic E-state index is 10.8. The van der Waals surface area contributed by atoms with Crippen molar-refractivity contribution in [3.05, 3.63) is 0 Å². The van der Waals surface area contributed by atoms with Crippen LogP contribution in [0.2, 0.25) is 0 Å². The van der Waals surface area contributed by atoms with Crippen LogP contribution >= 0.6 is 0 Å². The van der Waals surface area contributed by atoms with Crippen molar-refractivity contribution in [2.24, 2.45) is 0 Å². The lowest BCUT2D eigenvalue weighted by molar-refractivity contribution is -0.147. The van der Waals surface area contributed by atoms with E-state index in [2.05, 4.69) is 15.4 Å². The zero-order chi connectivity index (χ0) is 10.3. The molecule has 0 radical (unpaired) electrons. The molecule has 0 rings (SSSR count). The molecule has 2 amide bonds. The summed E-state index contributed by atoms with van der Waals surface area (Å²) in [5, 5.41) is 13.3. The van der Waals surface area contributed by atoms with E-state index < -0.39 is 18.1 Å². The zero-order valence-electron chi connectivity index (χ0n) is 7.66. The van der Waals surface area contributed by atoms with Gasteiger partial charge < -0.3 is 20.5 Å². The van der Waals surface area contributed by atoms with E-state index in [0.717, 1.165) is 0 Å². The maximum Gasteiger partial charge on any atom is 0.334 e. The predicted molar refractivity (Wildman–Crippen MR) is 45.5 cm³/mol. The number of amides is 2. The summed E-state index contributed by atoms with van der Waals surface area (Å²) in [7, 11) is 1.28. The van der Waals surface area contributed by atoms with E-state index in [-0.39, 0.29) is 6.54 Å². The van der Waals surface area contributed by atoms with Crippen molar-refractivity contribution in [1.29, 1.82) is 0 Å². The van der Waals surface area contributed by atoms with Crippen molar-refractivity contribution < 1.29 is 19.4 Å². The number of hydrogen-bond donors (Lipinski definition) is 3. The van der Waals surface area contributed by atoms with Crippen molar-refractivity contribution in [2.45, 2.75) is 13.0 Å². The van der Waals surface area contributed by atoms with Crippen LogP contribution < -0.4 is 10.6 Å². The molecule has 0 aliphatic heterocycles. The summed E-state index contributed by atoms with van der Waals surface area (Å²) in [5.74, 6) is -1.10. The van der Waals surface area contributed by atoms with E-state index in [1.54, 1.807) is 6.92 Å². The SMILES string of the molecule is CCNC(=O)NCC(OC)C(=O)O. The number of carbonyl (C=O) groups is 2. The first kappa shape index (κ1) is 11.7. The lowest BCUT2D eigenvalue weighted by atomic mass is 10.3. The molecule has 0 aliphatic rings. The average Bonchev–Trinajstić information content (AvgIpc) is 2.05. The number of carbonyl (C=O) groups excluding carboxylic acids is 1. The molecular formula is C7H14N2O4. The van der Waals surface area contributed by atoms with E-state index in [4.69, 9.17) is 5.11 Å². The minimum Gasteiger partial charge on any atom is -0.479 e. The summed E-state index contributed by atoms with van der Waals surface area (Å²) in [6.45, 7) is 2.22. The number of urea groups is 1. The molecule has 6 heteroatoms. The van der Waals surface area contributed by atoms with Gasteiger partial charge in [0.05, 0.1) is 6.54 Å². The molecule has 0 aliphatic carbocycles. The van der Waals surface area contributed by atoms with Gasteiger partial charge in [-0.2, -0.15) is 0 Å². The monoisotopic (exact) mass is 190 g/mol. The highest BCUT2D eigenvalue weighted by molar-refractivity contribution is 5.76. The van der Waals surface area contributed by atoms with Gasteiger partial charge in [0.15, 0.2) is 6.10 Å². The van der Waals surface area contributed by atoms with Crippen LogP contribution in [0.5, 0.6) is 0 Å². The topological polar surface area (TPSA) is 87.7 Å². The Balaban J connectivity index is 3.72. The van der Waals surface area contributed by atoms with E-state index in [1.165, 1.54) is 7.11 Å². The summed E-state index contributed by atoms with van der Waals surface area (Å²) in [6, 6.07) is -0.397. The number of hydrogen-bond acceptors (Lipinski definition) is 3. The van der Waals surface area contributed by atoms with Crippen LogP contribution in [0.4, 0.5) is 4.79 Å². The first-order chi connectivity index (χ1) is 6.11. The Hall–Kier alpha value is -1.30. The van der Waals surface area contributed by atoms with Gasteiger partial charge >= 0.3 is 12.0 Å². The molecule has 0 saturated heterocycles. The minimum absolute atomic E-state index is 0.0440. The second-order valence-electron chi connectivity index (χ2n) is 2.30. The molecule has 3 N–H and O–H groups in total. The van der Waals surface area contributed by atoms with Gasteiger partial charge in [0.1, 0.15) is 0 Å². The van der Waals surface area contributed by atoms with Gasteiger partial charge in [-0.3, -0.25) is 0 Å². The number of nitrogens with one attached hydrogen (secondary N) is 2. The molecule has 0 aromatic heterocycles. The van der Waals surface area contributed by atoms with E-state index >= 15 is 0 Å². The summed E-state index contributed by atoms with van der Waals surface area (Å²) in [5.41, 5.74) is 0. The van der Waals surface area contributed by atoms with Crippen molar-refractivity contribution >= 4 is 12.0 Å². The molecule has 0 fully saturated rings. The largest absolute Gasteiger partial charge is 0.479 e. The van der Waals surface area contributed by atoms with Crippen molar-refractivity contribution in [1.82, 2.24) is 10.6 Å². The smallest absolute Gasteiger partial charge is 0.334 e. The van der Waals surface area contributed by atoms with Crippen molar-refractivity contribution in [2.75, 3.05) is 20.2 Å². The molecule has 13 heavy (non-hydrogen) atoms. The first-order valence-corrected chi connectivity index (χ1v) is 3.89. The maximum absolute atomic E-state index is 10.8. The lowest BCUT2D eigenvalue weighted by Gasteiger charge is -2.11. The molecule has 76 valence electrons. The second kappa shape index (κ2) is 6.24. The number of methoxy groups -OCH3 is 1. The second-order valence-corrected chi connectivity index (χ2v) is 2.30. The fourth-order valence-electron chi connectivity index (χ4n) is 0.680. The Morgan fingerprint density at radius 2 is 2.08 bits per heavy atom. The minimum atomic E-state index is -1.10. The van der Waals surface area contributed by atoms with Gasteiger partial charge in [0.25, 0.3) is 0 Å². The molecule has 1 unspecified atom stereocenters. The van der Waals surface area contributed by atoms with Crippen LogP contribution in [0.3, 0.4) is 0 Å². The van der Waals surface area contributed by atoms with Crippen molar-refractivity contribution in [3.8, 4) is 0 Å². The van der Waals surface area contributed by atoms with Crippen LogP contribution in [-0.2, 0) is 9.53 Å². The average molecular weight is 190 g/mol. The van der Waals surface area contributed by atoms with Crippen LogP contribution in [0.15, 0.2) is 0 Å². The van der Waals surface area contributed by atoms with Crippen LogP contribution in [0.1, 0.15) is 6.92 Å². The predicted octanol–water partition coefficient (Wildman–Crippen LogP) is -0.595. The molecule has 0 aromatic rings. The van der Waals surface area contributed by atoms with E-state index in [0.29, 0.717) is 6.54 Å². The molecule has 0 bridgehead atoms.